The summed E-state index contributed by atoms with van der Waals surface area (Å²) in [7, 11) is -2.41. The van der Waals surface area contributed by atoms with Gasteiger partial charge in [-0.2, -0.15) is 4.72 Å². The summed E-state index contributed by atoms with van der Waals surface area (Å²) in [5, 5.41) is 2.77. The Morgan fingerprint density at radius 2 is 1.81 bits per heavy atom. The lowest BCUT2D eigenvalue weighted by atomic mass is 10.1. The van der Waals surface area contributed by atoms with Gasteiger partial charge in [0.2, 0.25) is 15.9 Å². The summed E-state index contributed by atoms with van der Waals surface area (Å²) < 4.78 is 33.8. The van der Waals surface area contributed by atoms with Crippen molar-refractivity contribution in [3.8, 4) is 5.75 Å². The van der Waals surface area contributed by atoms with E-state index in [1.807, 2.05) is 36.4 Å². The van der Waals surface area contributed by atoms with Gasteiger partial charge >= 0.3 is 0 Å². The molecule has 1 heterocycles. The molecule has 0 aliphatic rings. The topological polar surface area (TPSA) is 97.4 Å². The second kappa shape index (κ2) is 10.2. The molecular weight excluding hydrogens is 414 g/mol. The number of methoxy groups -OCH3 is 1. The average Bonchev–Trinajstić information content (AvgIpc) is 2.78. The van der Waals surface area contributed by atoms with E-state index in [0.717, 1.165) is 5.56 Å². The molecule has 0 saturated heterocycles. The van der Waals surface area contributed by atoms with Crippen molar-refractivity contribution in [1.82, 2.24) is 15.0 Å². The third-order valence-electron chi connectivity index (χ3n) is 4.74. The van der Waals surface area contributed by atoms with Gasteiger partial charge < -0.3 is 10.1 Å². The standard InChI is InChI=1S/C23H25N3O4S/c1-17-14-20(11-12-22(17)30-2)31(28,29)26-21(15-18-8-4-3-5-9-18)23(27)25-16-19-10-6-7-13-24-19/h3-14,21,26H,15-16H2,1-2H3,(H,25,27)/t21-/m1/s1. The molecule has 2 aromatic carbocycles. The zero-order valence-electron chi connectivity index (χ0n) is 17.4. The molecule has 1 aromatic heterocycles. The number of carbonyl (C=O) groups is 1. The predicted octanol–water partition coefficient (Wildman–Crippen LogP) is 2.60. The summed E-state index contributed by atoms with van der Waals surface area (Å²) >= 11 is 0. The molecule has 0 saturated carbocycles. The van der Waals surface area contributed by atoms with Gasteiger partial charge in [-0.05, 0) is 54.8 Å². The summed E-state index contributed by atoms with van der Waals surface area (Å²) in [6.45, 7) is 1.97. The first-order chi connectivity index (χ1) is 14.9. The molecule has 3 rings (SSSR count). The highest BCUT2D eigenvalue weighted by molar-refractivity contribution is 7.89. The van der Waals surface area contributed by atoms with E-state index in [1.165, 1.54) is 19.2 Å². The van der Waals surface area contributed by atoms with Crippen LogP contribution in [0.3, 0.4) is 0 Å². The molecule has 2 N–H and O–H groups in total. The Morgan fingerprint density at radius 3 is 2.45 bits per heavy atom. The smallest absolute Gasteiger partial charge is 0.241 e. The number of rotatable bonds is 9. The van der Waals surface area contributed by atoms with E-state index >= 15 is 0 Å². The third-order valence-corrected chi connectivity index (χ3v) is 6.21. The second-order valence-corrected chi connectivity index (χ2v) is 8.75. The van der Waals surface area contributed by atoms with Gasteiger partial charge in [0.1, 0.15) is 11.8 Å². The average molecular weight is 440 g/mol. The minimum atomic E-state index is -3.94. The SMILES string of the molecule is COc1ccc(S(=O)(=O)N[C@H](Cc2ccccc2)C(=O)NCc2ccccn2)cc1C. The zero-order chi connectivity index (χ0) is 22.3. The maximum atomic E-state index is 13.0. The van der Waals surface area contributed by atoms with Crippen LogP contribution in [0, 0.1) is 6.92 Å². The summed E-state index contributed by atoms with van der Waals surface area (Å²) in [4.78, 5) is 17.2. The molecule has 162 valence electrons. The second-order valence-electron chi connectivity index (χ2n) is 7.03. The fourth-order valence-electron chi connectivity index (χ4n) is 3.11. The number of nitrogens with one attached hydrogen (secondary N) is 2. The van der Waals surface area contributed by atoms with E-state index in [9.17, 15) is 13.2 Å². The third kappa shape index (κ3) is 6.13. The quantitative estimate of drug-likeness (QED) is 0.534. The van der Waals surface area contributed by atoms with Gasteiger partial charge in [-0.3, -0.25) is 9.78 Å². The van der Waals surface area contributed by atoms with E-state index in [2.05, 4.69) is 15.0 Å². The van der Waals surface area contributed by atoms with Crippen molar-refractivity contribution in [2.24, 2.45) is 0 Å². The van der Waals surface area contributed by atoms with Crippen molar-refractivity contribution in [2.75, 3.05) is 7.11 Å². The molecule has 0 aliphatic heterocycles. The summed E-state index contributed by atoms with van der Waals surface area (Å²) in [6.07, 6.45) is 1.85. The van der Waals surface area contributed by atoms with E-state index in [-0.39, 0.29) is 17.9 Å². The Labute approximate surface area is 182 Å². The maximum absolute atomic E-state index is 13.0. The molecule has 31 heavy (non-hydrogen) atoms. The minimum absolute atomic E-state index is 0.0707. The Balaban J connectivity index is 1.81. The van der Waals surface area contributed by atoms with E-state index in [0.29, 0.717) is 17.0 Å². The van der Waals surface area contributed by atoms with Crippen molar-refractivity contribution in [1.29, 1.82) is 0 Å². The summed E-state index contributed by atoms with van der Waals surface area (Å²) in [6, 6.07) is 18.2. The van der Waals surface area contributed by atoms with Crippen LogP contribution in [0.15, 0.2) is 77.8 Å². The molecule has 0 bridgehead atoms. The van der Waals surface area contributed by atoms with E-state index < -0.39 is 22.0 Å². The Bertz CT molecular complexity index is 1120. The molecule has 3 aromatic rings. The number of aryl methyl sites for hydroxylation is 1. The van der Waals surface area contributed by atoms with Crippen LogP contribution in [0.2, 0.25) is 0 Å². The summed E-state index contributed by atoms with van der Waals surface area (Å²) in [5.41, 5.74) is 2.21. The number of hydrogen-bond donors (Lipinski definition) is 2. The molecule has 1 atom stereocenters. The normalized spacial score (nSPS) is 12.2. The summed E-state index contributed by atoms with van der Waals surface area (Å²) in [5.74, 6) is 0.163. The molecule has 0 spiro atoms. The Kier molecular flexibility index (Phi) is 7.38. The number of amides is 1. The lowest BCUT2D eigenvalue weighted by Gasteiger charge is -2.19. The van der Waals surface area contributed by atoms with E-state index in [4.69, 9.17) is 4.74 Å². The fraction of sp³-hybridized carbons (Fsp3) is 0.217. The lowest BCUT2D eigenvalue weighted by Crippen LogP contribution is -2.47. The number of sulfonamides is 1. The lowest BCUT2D eigenvalue weighted by molar-refractivity contribution is -0.122. The first-order valence-electron chi connectivity index (χ1n) is 9.77. The van der Waals surface area contributed by atoms with Crippen LogP contribution in [-0.4, -0.2) is 32.5 Å². The van der Waals surface area contributed by atoms with Gasteiger partial charge in [0.15, 0.2) is 0 Å². The van der Waals surface area contributed by atoms with Crippen molar-refractivity contribution < 1.29 is 17.9 Å². The molecule has 0 aliphatic carbocycles. The molecule has 8 heteroatoms. The fourth-order valence-corrected chi connectivity index (χ4v) is 4.39. The van der Waals surface area contributed by atoms with Gasteiger partial charge in [-0.25, -0.2) is 8.42 Å². The van der Waals surface area contributed by atoms with Crippen LogP contribution in [0.1, 0.15) is 16.8 Å². The molecule has 0 fully saturated rings. The van der Waals surface area contributed by atoms with Gasteiger partial charge in [0.05, 0.1) is 24.2 Å². The largest absolute Gasteiger partial charge is 0.496 e. The number of hydrogen-bond acceptors (Lipinski definition) is 5. The van der Waals surface area contributed by atoms with Gasteiger partial charge in [-0.15, -0.1) is 0 Å². The number of carbonyl (C=O) groups excluding carboxylic acids is 1. The van der Waals surface area contributed by atoms with Crippen LogP contribution >= 0.6 is 0 Å². The highest BCUT2D eigenvalue weighted by Gasteiger charge is 2.26. The number of pyridine rings is 1. The first-order valence-corrected chi connectivity index (χ1v) is 11.3. The molecule has 7 nitrogen and oxygen atoms in total. The number of aromatic nitrogens is 1. The zero-order valence-corrected chi connectivity index (χ0v) is 18.2. The van der Waals surface area contributed by atoms with Crippen molar-refractivity contribution >= 4 is 15.9 Å². The molecule has 0 unspecified atom stereocenters. The maximum Gasteiger partial charge on any atom is 0.241 e. The first kappa shape index (κ1) is 22.5. The van der Waals surface area contributed by atoms with Crippen LogP contribution in [0.5, 0.6) is 5.75 Å². The van der Waals surface area contributed by atoms with Gasteiger partial charge in [0, 0.05) is 6.20 Å². The molecular formula is C23H25N3O4S. The predicted molar refractivity (Wildman–Crippen MR) is 118 cm³/mol. The molecule has 1 amide bonds. The van der Waals surface area contributed by atoms with Crippen LogP contribution in [0.4, 0.5) is 0 Å². The number of nitrogens with zero attached hydrogens (tertiary/aromatic N) is 1. The van der Waals surface area contributed by atoms with Crippen molar-refractivity contribution in [3.63, 3.8) is 0 Å². The monoisotopic (exact) mass is 439 g/mol. The van der Waals surface area contributed by atoms with Gasteiger partial charge in [-0.1, -0.05) is 36.4 Å². The number of ether oxygens (including phenoxy) is 1. The highest BCUT2D eigenvalue weighted by atomic mass is 32.2. The highest BCUT2D eigenvalue weighted by Crippen LogP contribution is 2.21. The molecule has 0 radical (unpaired) electrons. The Morgan fingerprint density at radius 1 is 1.06 bits per heavy atom. The minimum Gasteiger partial charge on any atom is -0.496 e. The number of benzene rings is 2. The van der Waals surface area contributed by atoms with Crippen LogP contribution in [-0.2, 0) is 27.8 Å². The van der Waals surface area contributed by atoms with Gasteiger partial charge in [0.25, 0.3) is 0 Å². The van der Waals surface area contributed by atoms with Crippen LogP contribution < -0.4 is 14.8 Å². The van der Waals surface area contributed by atoms with Crippen molar-refractivity contribution in [3.05, 3.63) is 89.7 Å². The van der Waals surface area contributed by atoms with Crippen LogP contribution in [0.25, 0.3) is 0 Å². The van der Waals surface area contributed by atoms with E-state index in [1.54, 1.807) is 31.3 Å². The van der Waals surface area contributed by atoms with Crippen molar-refractivity contribution in [2.45, 2.75) is 30.8 Å². The Hall–Kier alpha value is -3.23.